The minimum Gasteiger partial charge on any atom is -0.491 e. The fraction of sp³-hybridized carbons (Fsp3) is 0.269. The number of para-hydroxylation sites is 2. The zero-order valence-electron chi connectivity index (χ0n) is 17.8. The fourth-order valence-corrected chi connectivity index (χ4v) is 3.70. The Morgan fingerprint density at radius 3 is 2.47 bits per heavy atom. The van der Waals surface area contributed by atoms with Gasteiger partial charge in [-0.15, -0.1) is 0 Å². The van der Waals surface area contributed by atoms with Crippen LogP contribution in [-0.2, 0) is 13.0 Å². The summed E-state index contributed by atoms with van der Waals surface area (Å²) in [5.74, 6) is 1.74. The van der Waals surface area contributed by atoms with Gasteiger partial charge in [0.25, 0.3) is 0 Å². The molecule has 0 saturated heterocycles. The summed E-state index contributed by atoms with van der Waals surface area (Å²) in [6.45, 7) is 6.93. The zero-order chi connectivity index (χ0) is 21.1. The molecule has 0 bridgehead atoms. The predicted molar refractivity (Wildman–Crippen MR) is 121 cm³/mol. The highest BCUT2D eigenvalue weighted by molar-refractivity contribution is 5.76. The number of fused-ring (bicyclic) bond motifs is 1. The first-order chi connectivity index (χ1) is 14.5. The van der Waals surface area contributed by atoms with Crippen LogP contribution in [0.5, 0.6) is 5.75 Å². The third-order valence-corrected chi connectivity index (χ3v) is 5.66. The third-order valence-electron chi connectivity index (χ3n) is 5.66. The molecule has 4 aromatic rings. The van der Waals surface area contributed by atoms with Crippen LogP contribution in [0.4, 0.5) is 0 Å². The Morgan fingerprint density at radius 1 is 0.900 bits per heavy atom. The smallest absolute Gasteiger partial charge is 0.119 e. The van der Waals surface area contributed by atoms with Crippen LogP contribution in [0.25, 0.3) is 11.0 Å². The summed E-state index contributed by atoms with van der Waals surface area (Å²) < 4.78 is 7.98. The van der Waals surface area contributed by atoms with E-state index >= 15 is 0 Å². The van der Waals surface area contributed by atoms with E-state index in [0.717, 1.165) is 29.0 Å². The molecule has 0 amide bonds. The molecule has 1 N–H and O–H groups in total. The molecule has 4 nitrogen and oxygen atoms in total. The van der Waals surface area contributed by atoms with Gasteiger partial charge in [0, 0.05) is 6.42 Å². The molecule has 1 atom stereocenters. The van der Waals surface area contributed by atoms with Crippen molar-refractivity contribution in [1.29, 1.82) is 0 Å². The number of nitrogens with zero attached hydrogens (tertiary/aromatic N) is 2. The first-order valence-corrected chi connectivity index (χ1v) is 10.4. The molecule has 0 saturated carbocycles. The second kappa shape index (κ2) is 8.72. The van der Waals surface area contributed by atoms with Gasteiger partial charge in [0.1, 0.15) is 24.3 Å². The van der Waals surface area contributed by atoms with E-state index < -0.39 is 6.10 Å². The van der Waals surface area contributed by atoms with Crippen molar-refractivity contribution in [2.75, 3.05) is 6.61 Å². The monoisotopic (exact) mass is 400 g/mol. The SMILES string of the molecule is Cc1ccc(OCC(O)Cn2c(Cc3ccccc3C)nc3ccccc32)cc1C. The van der Waals surface area contributed by atoms with Crippen molar-refractivity contribution in [1.82, 2.24) is 9.55 Å². The van der Waals surface area contributed by atoms with Crippen LogP contribution in [-0.4, -0.2) is 27.4 Å². The number of hydrogen-bond acceptors (Lipinski definition) is 3. The number of aliphatic hydroxyl groups excluding tert-OH is 1. The van der Waals surface area contributed by atoms with E-state index in [0.29, 0.717) is 6.54 Å². The number of aryl methyl sites for hydroxylation is 3. The number of benzene rings is 3. The zero-order valence-corrected chi connectivity index (χ0v) is 17.8. The summed E-state index contributed by atoms with van der Waals surface area (Å²) >= 11 is 0. The van der Waals surface area contributed by atoms with Crippen LogP contribution in [0.3, 0.4) is 0 Å². The molecular formula is C26H28N2O2. The average Bonchev–Trinajstić information content (AvgIpc) is 3.08. The number of ether oxygens (including phenoxy) is 1. The van der Waals surface area contributed by atoms with Gasteiger partial charge in [-0.05, 0) is 67.3 Å². The van der Waals surface area contributed by atoms with E-state index in [2.05, 4.69) is 55.7 Å². The highest BCUT2D eigenvalue weighted by Gasteiger charge is 2.16. The van der Waals surface area contributed by atoms with E-state index in [4.69, 9.17) is 9.72 Å². The lowest BCUT2D eigenvalue weighted by Gasteiger charge is -2.16. The van der Waals surface area contributed by atoms with Crippen molar-refractivity contribution in [3.63, 3.8) is 0 Å². The molecular weight excluding hydrogens is 372 g/mol. The molecule has 4 rings (SSSR count). The maximum absolute atomic E-state index is 10.7. The molecule has 0 aliphatic carbocycles. The number of imidazole rings is 1. The highest BCUT2D eigenvalue weighted by atomic mass is 16.5. The number of aliphatic hydroxyl groups is 1. The van der Waals surface area contributed by atoms with E-state index in [9.17, 15) is 5.11 Å². The van der Waals surface area contributed by atoms with E-state index in [1.165, 1.54) is 22.3 Å². The molecule has 0 aliphatic heterocycles. The number of aromatic nitrogens is 2. The van der Waals surface area contributed by atoms with Crippen molar-refractivity contribution in [2.24, 2.45) is 0 Å². The number of rotatable bonds is 7. The predicted octanol–water partition coefficient (Wildman–Crippen LogP) is 4.99. The molecule has 0 radical (unpaired) electrons. The van der Waals surface area contributed by atoms with Crippen LogP contribution in [0.2, 0.25) is 0 Å². The summed E-state index contributed by atoms with van der Waals surface area (Å²) in [6.07, 6.45) is 0.0892. The Labute approximate surface area is 177 Å². The van der Waals surface area contributed by atoms with Crippen LogP contribution in [0.1, 0.15) is 28.1 Å². The van der Waals surface area contributed by atoms with Gasteiger partial charge in [-0.3, -0.25) is 0 Å². The van der Waals surface area contributed by atoms with Crippen LogP contribution in [0, 0.1) is 20.8 Å². The van der Waals surface area contributed by atoms with Gasteiger partial charge < -0.3 is 14.4 Å². The minimum absolute atomic E-state index is 0.235. The van der Waals surface area contributed by atoms with Gasteiger partial charge in [0.2, 0.25) is 0 Å². The van der Waals surface area contributed by atoms with Crippen molar-refractivity contribution >= 4 is 11.0 Å². The normalized spacial score (nSPS) is 12.3. The Hall–Kier alpha value is -3.11. The summed E-state index contributed by atoms with van der Waals surface area (Å²) in [4.78, 5) is 4.85. The summed E-state index contributed by atoms with van der Waals surface area (Å²) in [6, 6.07) is 22.5. The van der Waals surface area contributed by atoms with E-state index in [1.807, 2.05) is 36.4 Å². The Balaban J connectivity index is 1.54. The molecule has 3 aromatic carbocycles. The molecule has 0 aliphatic rings. The standard InChI is InChI=1S/C26H28N2O2/c1-18-12-13-23(14-20(18)3)30-17-22(29)16-28-25-11-7-6-10-24(25)27-26(28)15-21-9-5-4-8-19(21)2/h4-14,22,29H,15-17H2,1-3H3. The molecule has 0 fully saturated rings. The second-order valence-corrected chi connectivity index (χ2v) is 7.94. The van der Waals surface area contributed by atoms with Gasteiger partial charge in [-0.1, -0.05) is 42.5 Å². The molecule has 1 unspecified atom stereocenters. The molecule has 0 spiro atoms. The molecule has 1 aromatic heterocycles. The Bertz CT molecular complexity index is 1160. The second-order valence-electron chi connectivity index (χ2n) is 7.94. The highest BCUT2D eigenvalue weighted by Crippen LogP contribution is 2.21. The van der Waals surface area contributed by atoms with E-state index in [1.54, 1.807) is 0 Å². The van der Waals surface area contributed by atoms with Gasteiger partial charge in [-0.25, -0.2) is 4.98 Å². The van der Waals surface area contributed by atoms with Gasteiger partial charge in [0.05, 0.1) is 17.6 Å². The third kappa shape index (κ3) is 4.39. The van der Waals surface area contributed by atoms with Crippen molar-refractivity contribution in [3.8, 4) is 5.75 Å². The fourth-order valence-electron chi connectivity index (χ4n) is 3.70. The van der Waals surface area contributed by atoms with Crippen molar-refractivity contribution < 1.29 is 9.84 Å². The lowest BCUT2D eigenvalue weighted by molar-refractivity contribution is 0.0927. The Kier molecular flexibility index (Phi) is 5.86. The summed E-state index contributed by atoms with van der Waals surface area (Å²) in [5, 5.41) is 10.7. The van der Waals surface area contributed by atoms with Crippen molar-refractivity contribution in [2.45, 2.75) is 39.8 Å². The first kappa shape index (κ1) is 20.2. The molecule has 4 heteroatoms. The first-order valence-electron chi connectivity index (χ1n) is 10.4. The lowest BCUT2D eigenvalue weighted by atomic mass is 10.1. The molecule has 1 heterocycles. The van der Waals surface area contributed by atoms with E-state index in [-0.39, 0.29) is 6.61 Å². The minimum atomic E-state index is -0.639. The van der Waals surface area contributed by atoms with Gasteiger partial charge in [0.15, 0.2) is 0 Å². The van der Waals surface area contributed by atoms with Crippen LogP contribution >= 0.6 is 0 Å². The summed E-state index contributed by atoms with van der Waals surface area (Å²) in [5.41, 5.74) is 6.89. The molecule has 30 heavy (non-hydrogen) atoms. The maximum Gasteiger partial charge on any atom is 0.119 e. The van der Waals surface area contributed by atoms with Crippen LogP contribution < -0.4 is 4.74 Å². The van der Waals surface area contributed by atoms with Crippen molar-refractivity contribution in [3.05, 3.63) is 94.8 Å². The average molecular weight is 401 g/mol. The topological polar surface area (TPSA) is 47.3 Å². The largest absolute Gasteiger partial charge is 0.491 e. The van der Waals surface area contributed by atoms with Gasteiger partial charge >= 0.3 is 0 Å². The van der Waals surface area contributed by atoms with Crippen LogP contribution in [0.15, 0.2) is 66.7 Å². The van der Waals surface area contributed by atoms with Gasteiger partial charge in [-0.2, -0.15) is 0 Å². The maximum atomic E-state index is 10.7. The Morgan fingerprint density at radius 2 is 1.67 bits per heavy atom. The quantitative estimate of drug-likeness (QED) is 0.475. The summed E-state index contributed by atoms with van der Waals surface area (Å²) in [7, 11) is 0. The molecule has 154 valence electrons. The lowest BCUT2D eigenvalue weighted by Crippen LogP contribution is -2.24. The number of hydrogen-bond donors (Lipinski definition) is 1.